The number of amides is 1. The van der Waals surface area contributed by atoms with E-state index in [4.69, 9.17) is 25.6 Å². The third-order valence-corrected chi connectivity index (χ3v) is 4.75. The van der Waals surface area contributed by atoms with E-state index in [-0.39, 0.29) is 18.6 Å². The lowest BCUT2D eigenvalue weighted by molar-refractivity contribution is -0.130. The van der Waals surface area contributed by atoms with Gasteiger partial charge in [0.15, 0.2) is 5.76 Å². The molecule has 0 spiro atoms. The highest BCUT2D eigenvalue weighted by Gasteiger charge is 2.23. The number of carbonyl (C=O) groups excluding carboxylic acids is 1. The van der Waals surface area contributed by atoms with Gasteiger partial charge in [-0.15, -0.1) is 0 Å². The van der Waals surface area contributed by atoms with E-state index in [1.54, 1.807) is 0 Å². The van der Waals surface area contributed by atoms with Crippen LogP contribution in [-0.4, -0.2) is 28.8 Å². The molecule has 8 heteroatoms. The number of rotatable bonds is 6. The molecule has 1 atom stereocenters. The molecule has 1 aromatic carbocycles. The van der Waals surface area contributed by atoms with Gasteiger partial charge in [0.25, 0.3) is 0 Å². The van der Waals surface area contributed by atoms with Crippen molar-refractivity contribution >= 4 is 28.4 Å². The van der Waals surface area contributed by atoms with Crippen LogP contribution in [0.4, 0.5) is 0 Å². The largest absolute Gasteiger partial charge is 0.484 e. The molecule has 1 saturated heterocycles. The summed E-state index contributed by atoms with van der Waals surface area (Å²) < 4.78 is 16.3. The zero-order valence-electron chi connectivity index (χ0n) is 14.9. The van der Waals surface area contributed by atoms with Gasteiger partial charge in [0.05, 0.1) is 17.3 Å². The molecular weight excluding hydrogens is 370 g/mol. The molecule has 2 aromatic heterocycles. The molecule has 1 fully saturated rings. The van der Waals surface area contributed by atoms with E-state index in [1.165, 1.54) is 0 Å². The smallest absolute Gasteiger partial charge is 0.249 e. The number of halogens is 1. The van der Waals surface area contributed by atoms with Gasteiger partial charge in [-0.2, -0.15) is 0 Å². The van der Waals surface area contributed by atoms with Crippen LogP contribution in [0, 0.1) is 6.92 Å². The van der Waals surface area contributed by atoms with Crippen molar-refractivity contribution in [2.45, 2.75) is 39.0 Å². The number of fused-ring (bicyclic) bond motifs is 1. The lowest BCUT2D eigenvalue weighted by Crippen LogP contribution is -2.33. The quantitative estimate of drug-likeness (QED) is 0.673. The second-order valence-electron chi connectivity index (χ2n) is 6.61. The first kappa shape index (κ1) is 17.9. The summed E-state index contributed by atoms with van der Waals surface area (Å²) in [5.41, 5.74) is 2.56. The first-order chi connectivity index (χ1) is 13.1. The van der Waals surface area contributed by atoms with Gasteiger partial charge in [-0.3, -0.25) is 4.79 Å². The van der Waals surface area contributed by atoms with Crippen molar-refractivity contribution in [1.82, 2.24) is 15.5 Å². The highest BCUT2D eigenvalue weighted by Crippen LogP contribution is 2.31. The fraction of sp³-hybridized carbons (Fsp3) is 0.368. The van der Waals surface area contributed by atoms with E-state index in [2.05, 4.69) is 15.5 Å². The number of aromatic nitrogens is 2. The fourth-order valence-electron chi connectivity index (χ4n) is 3.11. The van der Waals surface area contributed by atoms with Gasteiger partial charge >= 0.3 is 0 Å². The average Bonchev–Trinajstić information content (AvgIpc) is 3.38. The number of nitrogens with zero attached hydrogens (tertiary/aromatic N) is 1. The summed E-state index contributed by atoms with van der Waals surface area (Å²) in [7, 11) is 0. The van der Waals surface area contributed by atoms with Crippen molar-refractivity contribution < 1.29 is 18.8 Å². The van der Waals surface area contributed by atoms with Crippen LogP contribution in [0.1, 0.15) is 30.0 Å². The van der Waals surface area contributed by atoms with Gasteiger partial charge in [-0.1, -0.05) is 16.8 Å². The van der Waals surface area contributed by atoms with Gasteiger partial charge < -0.3 is 24.3 Å². The van der Waals surface area contributed by atoms with Crippen molar-refractivity contribution in [3.05, 3.63) is 46.4 Å². The van der Waals surface area contributed by atoms with Crippen LogP contribution in [0.15, 0.2) is 28.8 Å². The number of aryl methyl sites for hydroxylation is 1. The SMILES string of the molecule is Cc1cc(COc2cc3[nH]c(CNC(=O)[C@@H]4CCCO4)cc3cc2Cl)on1. The number of carbonyl (C=O) groups is 1. The highest BCUT2D eigenvalue weighted by atomic mass is 35.5. The fourth-order valence-corrected chi connectivity index (χ4v) is 3.34. The van der Waals surface area contributed by atoms with Crippen LogP contribution in [0.3, 0.4) is 0 Å². The van der Waals surface area contributed by atoms with Crippen LogP contribution < -0.4 is 10.1 Å². The minimum atomic E-state index is -0.330. The summed E-state index contributed by atoms with van der Waals surface area (Å²) in [5.74, 6) is 1.11. The summed E-state index contributed by atoms with van der Waals surface area (Å²) in [4.78, 5) is 15.3. The Balaban J connectivity index is 1.43. The Hall–Kier alpha value is -2.51. The van der Waals surface area contributed by atoms with Crippen LogP contribution in [-0.2, 0) is 22.7 Å². The van der Waals surface area contributed by atoms with Gasteiger partial charge in [-0.05, 0) is 31.9 Å². The first-order valence-electron chi connectivity index (χ1n) is 8.84. The maximum atomic E-state index is 12.1. The van der Waals surface area contributed by atoms with Gasteiger partial charge in [-0.25, -0.2) is 0 Å². The first-order valence-corrected chi connectivity index (χ1v) is 9.22. The van der Waals surface area contributed by atoms with Crippen molar-refractivity contribution in [1.29, 1.82) is 0 Å². The summed E-state index contributed by atoms with van der Waals surface area (Å²) in [5, 5.41) is 8.19. The molecule has 1 aliphatic heterocycles. The Morgan fingerprint density at radius 2 is 2.30 bits per heavy atom. The second-order valence-corrected chi connectivity index (χ2v) is 7.01. The minimum Gasteiger partial charge on any atom is -0.484 e. The lowest BCUT2D eigenvalue weighted by atomic mass is 10.2. The van der Waals surface area contributed by atoms with E-state index >= 15 is 0 Å². The Bertz CT molecular complexity index is 959. The second kappa shape index (κ2) is 7.62. The normalized spacial score (nSPS) is 16.7. The van der Waals surface area contributed by atoms with E-state index < -0.39 is 0 Å². The van der Waals surface area contributed by atoms with E-state index in [1.807, 2.05) is 31.2 Å². The molecule has 3 heterocycles. The molecule has 0 radical (unpaired) electrons. The Labute approximate surface area is 161 Å². The van der Waals surface area contributed by atoms with Crippen molar-refractivity contribution in [3.63, 3.8) is 0 Å². The van der Waals surface area contributed by atoms with Crippen LogP contribution >= 0.6 is 11.6 Å². The molecule has 1 amide bonds. The molecule has 2 N–H and O–H groups in total. The highest BCUT2D eigenvalue weighted by molar-refractivity contribution is 6.32. The maximum absolute atomic E-state index is 12.1. The van der Waals surface area contributed by atoms with Gasteiger partial charge in [0.2, 0.25) is 5.91 Å². The maximum Gasteiger partial charge on any atom is 0.249 e. The van der Waals surface area contributed by atoms with Crippen molar-refractivity contribution in [3.8, 4) is 5.75 Å². The molecule has 7 nitrogen and oxygen atoms in total. The topological polar surface area (TPSA) is 89.4 Å². The Morgan fingerprint density at radius 3 is 3.04 bits per heavy atom. The molecule has 0 bridgehead atoms. The predicted molar refractivity (Wildman–Crippen MR) is 99.7 cm³/mol. The number of benzene rings is 1. The standard InChI is InChI=1S/C19H20ClN3O4/c1-11-5-14(27-23-11)10-26-18-8-16-12(7-15(18)20)6-13(22-16)9-21-19(24)17-3-2-4-25-17/h5-8,17,22H,2-4,9-10H2,1H3,(H,21,24)/t17-/m0/s1. The van der Waals surface area contributed by atoms with E-state index in [0.29, 0.717) is 29.7 Å². The molecule has 1 aliphatic rings. The third kappa shape index (κ3) is 4.09. The van der Waals surface area contributed by atoms with Crippen LogP contribution in [0.2, 0.25) is 5.02 Å². The molecule has 0 unspecified atom stereocenters. The zero-order valence-corrected chi connectivity index (χ0v) is 15.6. The van der Waals surface area contributed by atoms with Crippen molar-refractivity contribution in [2.24, 2.45) is 0 Å². The summed E-state index contributed by atoms with van der Waals surface area (Å²) in [6.45, 7) is 3.15. The van der Waals surface area contributed by atoms with Gasteiger partial charge in [0.1, 0.15) is 18.5 Å². The molecule has 0 saturated carbocycles. The number of H-pyrrole nitrogens is 1. The number of aromatic amines is 1. The molecular formula is C19H20ClN3O4. The lowest BCUT2D eigenvalue weighted by Gasteiger charge is -2.09. The van der Waals surface area contributed by atoms with Crippen LogP contribution in [0.25, 0.3) is 10.9 Å². The molecule has 3 aromatic rings. The third-order valence-electron chi connectivity index (χ3n) is 4.45. The van der Waals surface area contributed by atoms with Gasteiger partial charge in [0, 0.05) is 35.3 Å². The number of hydrogen-bond acceptors (Lipinski definition) is 5. The zero-order chi connectivity index (χ0) is 18.8. The number of hydrogen-bond donors (Lipinski definition) is 2. The summed E-state index contributed by atoms with van der Waals surface area (Å²) in [6.07, 6.45) is 1.38. The Kier molecular flexibility index (Phi) is 5.05. The summed E-state index contributed by atoms with van der Waals surface area (Å²) >= 11 is 6.33. The van der Waals surface area contributed by atoms with Crippen LogP contribution in [0.5, 0.6) is 5.75 Å². The monoisotopic (exact) mass is 389 g/mol. The number of ether oxygens (including phenoxy) is 2. The predicted octanol–water partition coefficient (Wildman–Crippen LogP) is 3.49. The van der Waals surface area contributed by atoms with Crippen molar-refractivity contribution in [2.75, 3.05) is 6.61 Å². The Morgan fingerprint density at radius 1 is 1.41 bits per heavy atom. The molecule has 27 heavy (non-hydrogen) atoms. The van der Waals surface area contributed by atoms with E-state index in [9.17, 15) is 4.79 Å². The molecule has 142 valence electrons. The van der Waals surface area contributed by atoms with E-state index in [0.717, 1.165) is 35.1 Å². The number of nitrogens with one attached hydrogen (secondary N) is 2. The average molecular weight is 390 g/mol. The minimum absolute atomic E-state index is 0.0736. The molecule has 0 aliphatic carbocycles. The molecule has 4 rings (SSSR count). The summed E-state index contributed by atoms with van der Waals surface area (Å²) in [6, 6.07) is 7.45.